The van der Waals surface area contributed by atoms with Crippen LogP contribution in [0, 0.1) is 30.1 Å². The van der Waals surface area contributed by atoms with Crippen LogP contribution in [0.3, 0.4) is 0 Å². The first kappa shape index (κ1) is 15.9. The summed E-state index contributed by atoms with van der Waals surface area (Å²) in [4.78, 5) is 0. The maximum Gasteiger partial charge on any atom is 0.0314 e. The molecule has 1 fully saturated rings. The Morgan fingerprint density at radius 2 is 2.04 bits per heavy atom. The van der Waals surface area contributed by atoms with Crippen LogP contribution in [0.2, 0.25) is 0 Å². The summed E-state index contributed by atoms with van der Waals surface area (Å²) >= 11 is 0. The number of rotatable bonds is 1. The minimum Gasteiger partial charge on any atom is -0.399 e. The van der Waals surface area contributed by atoms with E-state index in [2.05, 4.69) is 57.9 Å². The van der Waals surface area contributed by atoms with Gasteiger partial charge in [-0.25, -0.2) is 0 Å². The first-order chi connectivity index (χ1) is 12.4. The van der Waals surface area contributed by atoms with Gasteiger partial charge in [-0.05, 0) is 82.9 Å². The molecule has 1 nitrogen and oxygen atoms in total. The van der Waals surface area contributed by atoms with Crippen LogP contribution in [0.15, 0.2) is 72.0 Å². The van der Waals surface area contributed by atoms with E-state index in [1.54, 1.807) is 11.1 Å². The lowest BCUT2D eigenvalue weighted by molar-refractivity contribution is 0.190. The minimum absolute atomic E-state index is 0.126. The average Bonchev–Trinajstić information content (AvgIpc) is 3.32. The molecule has 0 saturated heterocycles. The summed E-state index contributed by atoms with van der Waals surface area (Å²) in [7, 11) is 0. The Kier molecular flexibility index (Phi) is 3.01. The summed E-state index contributed by atoms with van der Waals surface area (Å²) in [5.41, 5.74) is 17.8. The largest absolute Gasteiger partial charge is 0.399 e. The highest BCUT2D eigenvalue weighted by Gasteiger charge is 2.64. The molecule has 5 rings (SSSR count). The zero-order chi connectivity index (χ0) is 18.4. The van der Waals surface area contributed by atoms with Crippen molar-refractivity contribution in [2.75, 3.05) is 0 Å². The highest BCUT2D eigenvalue weighted by Crippen LogP contribution is 2.74. The van der Waals surface area contributed by atoms with E-state index in [0.717, 1.165) is 24.8 Å². The molecule has 1 spiro atoms. The van der Waals surface area contributed by atoms with Gasteiger partial charge in [0.05, 0.1) is 0 Å². The van der Waals surface area contributed by atoms with Crippen LogP contribution in [0.4, 0.5) is 0 Å². The number of aryl methyl sites for hydroxylation is 1. The molecule has 0 aromatic heterocycles. The van der Waals surface area contributed by atoms with Gasteiger partial charge >= 0.3 is 0 Å². The smallest absolute Gasteiger partial charge is 0.0314 e. The van der Waals surface area contributed by atoms with Crippen LogP contribution in [0.1, 0.15) is 36.5 Å². The van der Waals surface area contributed by atoms with Crippen LogP contribution < -0.4 is 5.73 Å². The van der Waals surface area contributed by atoms with Gasteiger partial charge in [0, 0.05) is 11.1 Å². The summed E-state index contributed by atoms with van der Waals surface area (Å²) in [5.74, 6) is 1.86. The van der Waals surface area contributed by atoms with Gasteiger partial charge < -0.3 is 5.73 Å². The van der Waals surface area contributed by atoms with Crippen molar-refractivity contribution in [1.82, 2.24) is 0 Å². The van der Waals surface area contributed by atoms with Gasteiger partial charge in [0.25, 0.3) is 0 Å². The third-order valence-corrected chi connectivity index (χ3v) is 7.68. The molecule has 4 atom stereocenters. The summed E-state index contributed by atoms with van der Waals surface area (Å²) in [6, 6.07) is 6.71. The maximum absolute atomic E-state index is 6.08. The summed E-state index contributed by atoms with van der Waals surface area (Å²) < 4.78 is 0. The predicted molar refractivity (Wildman–Crippen MR) is 109 cm³/mol. The Balaban J connectivity index is 1.70. The van der Waals surface area contributed by atoms with Crippen molar-refractivity contribution in [3.63, 3.8) is 0 Å². The zero-order valence-corrected chi connectivity index (χ0v) is 15.9. The minimum atomic E-state index is 0.126. The molecule has 4 aliphatic rings. The molecular weight excluding hydrogens is 314 g/mol. The van der Waals surface area contributed by atoms with E-state index in [1.165, 1.54) is 27.8 Å². The molecule has 0 amide bonds. The van der Waals surface area contributed by atoms with E-state index in [-0.39, 0.29) is 5.41 Å². The Labute approximate surface area is 156 Å². The van der Waals surface area contributed by atoms with E-state index in [4.69, 9.17) is 5.73 Å². The highest BCUT2D eigenvalue weighted by molar-refractivity contribution is 5.87. The Bertz CT molecular complexity index is 970. The second kappa shape index (κ2) is 4.91. The predicted octanol–water partition coefficient (Wildman–Crippen LogP) is 5.49. The van der Waals surface area contributed by atoms with E-state index in [9.17, 15) is 0 Å². The van der Waals surface area contributed by atoms with Crippen LogP contribution >= 0.6 is 0 Å². The normalized spacial score (nSPS) is 34.4. The monoisotopic (exact) mass is 341 g/mol. The summed E-state index contributed by atoms with van der Waals surface area (Å²) in [5, 5.41) is 0. The van der Waals surface area contributed by atoms with Gasteiger partial charge in [0.2, 0.25) is 0 Å². The Morgan fingerprint density at radius 1 is 1.27 bits per heavy atom. The molecule has 1 heteroatoms. The van der Waals surface area contributed by atoms with Gasteiger partial charge in [-0.15, -0.1) is 0 Å². The quantitative estimate of drug-likeness (QED) is 0.718. The highest BCUT2D eigenvalue weighted by atomic mass is 14.7. The number of benzene rings is 1. The third kappa shape index (κ3) is 1.72. The number of hydrogen-bond donors (Lipinski definition) is 1. The third-order valence-electron chi connectivity index (χ3n) is 7.68. The zero-order valence-electron chi connectivity index (χ0n) is 15.9. The SMILES string of the molecule is C=C(N)C1=CC[C@@H]2[C@@H](C)C3Cc4cccc(C)c4C(=C)C3=C3C[C@]32C1=C. The fourth-order valence-electron chi connectivity index (χ4n) is 6.40. The van der Waals surface area contributed by atoms with Crippen LogP contribution in [-0.4, -0.2) is 0 Å². The molecule has 1 aromatic rings. The van der Waals surface area contributed by atoms with Crippen molar-refractivity contribution in [3.8, 4) is 0 Å². The molecule has 4 aliphatic carbocycles. The molecule has 1 unspecified atom stereocenters. The summed E-state index contributed by atoms with van der Waals surface area (Å²) in [6.07, 6.45) is 5.66. The lowest BCUT2D eigenvalue weighted by Crippen LogP contribution is -2.39. The maximum atomic E-state index is 6.08. The number of allylic oxidation sites excluding steroid dienone is 5. The van der Waals surface area contributed by atoms with E-state index in [0.29, 0.717) is 23.5 Å². The topological polar surface area (TPSA) is 26.0 Å². The first-order valence-corrected chi connectivity index (χ1v) is 9.74. The van der Waals surface area contributed by atoms with Crippen LogP contribution in [0.25, 0.3) is 5.57 Å². The second-order valence-corrected chi connectivity index (χ2v) is 8.76. The fraction of sp³-hybridized carbons (Fsp3) is 0.360. The van der Waals surface area contributed by atoms with Crippen molar-refractivity contribution in [2.24, 2.45) is 28.9 Å². The molecule has 0 bridgehead atoms. The van der Waals surface area contributed by atoms with Crippen molar-refractivity contribution < 1.29 is 0 Å². The van der Waals surface area contributed by atoms with Crippen LogP contribution in [0.5, 0.6) is 0 Å². The molecule has 2 N–H and O–H groups in total. The van der Waals surface area contributed by atoms with Gasteiger partial charge in [-0.2, -0.15) is 0 Å². The molecule has 0 heterocycles. The number of nitrogens with two attached hydrogens (primary N) is 1. The van der Waals surface area contributed by atoms with Crippen molar-refractivity contribution in [1.29, 1.82) is 0 Å². The lowest BCUT2D eigenvalue weighted by atomic mass is 9.57. The lowest BCUT2D eigenvalue weighted by Gasteiger charge is -2.47. The molecule has 0 radical (unpaired) electrons. The number of hydrogen-bond acceptors (Lipinski definition) is 1. The van der Waals surface area contributed by atoms with Gasteiger partial charge in [0.1, 0.15) is 0 Å². The van der Waals surface area contributed by atoms with Crippen molar-refractivity contribution in [3.05, 3.63) is 88.7 Å². The summed E-state index contributed by atoms with van der Waals surface area (Å²) in [6.45, 7) is 17.7. The van der Waals surface area contributed by atoms with Gasteiger partial charge in [-0.1, -0.05) is 56.5 Å². The number of fused-ring (bicyclic) bond motifs is 2. The molecule has 132 valence electrons. The first-order valence-electron chi connectivity index (χ1n) is 9.74. The van der Waals surface area contributed by atoms with E-state index < -0.39 is 0 Å². The average molecular weight is 341 g/mol. The van der Waals surface area contributed by atoms with E-state index >= 15 is 0 Å². The van der Waals surface area contributed by atoms with Crippen LogP contribution in [-0.2, 0) is 6.42 Å². The molecular formula is C25H27N. The molecule has 26 heavy (non-hydrogen) atoms. The molecule has 0 aliphatic heterocycles. The Hall–Kier alpha value is -2.28. The molecule has 1 saturated carbocycles. The van der Waals surface area contributed by atoms with Crippen molar-refractivity contribution in [2.45, 2.75) is 33.1 Å². The van der Waals surface area contributed by atoms with Gasteiger partial charge in [-0.3, -0.25) is 0 Å². The standard InChI is InChI=1S/C25H27N/c1-13-7-6-8-18-11-20-14(2)21-10-9-19(17(5)26)16(4)25(21)12-22(25)24(20)15(3)23(13)18/h6-9,14,20-21H,3-5,10-12,26H2,1-2H3/t14-,20?,21+,25+/m0/s1. The molecule has 1 aromatic carbocycles. The van der Waals surface area contributed by atoms with Gasteiger partial charge in [0.15, 0.2) is 0 Å². The van der Waals surface area contributed by atoms with E-state index in [1.807, 2.05) is 0 Å². The fourth-order valence-corrected chi connectivity index (χ4v) is 6.40. The Morgan fingerprint density at radius 3 is 2.77 bits per heavy atom. The van der Waals surface area contributed by atoms with Crippen molar-refractivity contribution >= 4 is 5.57 Å². The second-order valence-electron chi connectivity index (χ2n) is 8.76.